The van der Waals surface area contributed by atoms with Crippen LogP contribution in [-0.4, -0.2) is 22.8 Å². The average molecular weight is 423 g/mol. The molecule has 31 heavy (non-hydrogen) atoms. The molecule has 0 saturated heterocycles. The van der Waals surface area contributed by atoms with Gasteiger partial charge in [-0.3, -0.25) is 4.79 Å². The summed E-state index contributed by atoms with van der Waals surface area (Å²) in [6.07, 6.45) is 5.48. The van der Waals surface area contributed by atoms with Crippen LogP contribution in [0.3, 0.4) is 0 Å². The van der Waals surface area contributed by atoms with E-state index in [1.165, 1.54) is 0 Å². The molecule has 0 radical (unpaired) electrons. The lowest BCUT2D eigenvalue weighted by molar-refractivity contribution is 0.0695. The topological polar surface area (TPSA) is 94.5 Å². The van der Waals surface area contributed by atoms with Gasteiger partial charge in [-0.25, -0.2) is 4.79 Å². The number of benzene rings is 2. The summed E-state index contributed by atoms with van der Waals surface area (Å²) in [4.78, 5) is 23.3. The van der Waals surface area contributed by atoms with Crippen LogP contribution in [0.25, 0.3) is 10.8 Å². The van der Waals surface area contributed by atoms with Crippen molar-refractivity contribution in [3.8, 4) is 5.75 Å². The van der Waals surface area contributed by atoms with Gasteiger partial charge in [0.1, 0.15) is 5.75 Å². The Morgan fingerprint density at radius 1 is 1.23 bits per heavy atom. The number of methoxy groups -OCH3 is 1. The monoisotopic (exact) mass is 422 g/mol. The van der Waals surface area contributed by atoms with E-state index in [0.717, 1.165) is 53.3 Å². The van der Waals surface area contributed by atoms with Crippen molar-refractivity contribution in [3.63, 3.8) is 0 Å². The van der Waals surface area contributed by atoms with Crippen LogP contribution in [0.1, 0.15) is 66.7 Å². The number of hydrogen-bond acceptors (Lipinski definition) is 4. The van der Waals surface area contributed by atoms with Gasteiger partial charge in [-0.2, -0.15) is 0 Å². The summed E-state index contributed by atoms with van der Waals surface area (Å²) in [6.45, 7) is 4.22. The first kappa shape index (κ1) is 22.6. The number of ether oxygens (including phenoxy) is 1. The predicted molar refractivity (Wildman–Crippen MR) is 123 cm³/mol. The fourth-order valence-electron chi connectivity index (χ4n) is 4.22. The first-order valence-corrected chi connectivity index (χ1v) is 10.7. The number of carboxylic acids is 1. The molecule has 3 aromatic rings. The van der Waals surface area contributed by atoms with Gasteiger partial charge in [-0.15, -0.1) is 0 Å². The van der Waals surface area contributed by atoms with E-state index in [4.69, 9.17) is 15.6 Å². The summed E-state index contributed by atoms with van der Waals surface area (Å²) in [5.41, 5.74) is 8.22. The van der Waals surface area contributed by atoms with Gasteiger partial charge in [0.15, 0.2) is 0 Å². The fraction of sp³-hybridized carbons (Fsp3) is 0.360. The van der Waals surface area contributed by atoms with E-state index in [9.17, 15) is 9.59 Å². The molecule has 0 bridgehead atoms. The fourth-order valence-corrected chi connectivity index (χ4v) is 4.22. The van der Waals surface area contributed by atoms with E-state index < -0.39 is 5.97 Å². The molecule has 3 N–H and O–H groups in total. The molecule has 1 aliphatic carbocycles. The van der Waals surface area contributed by atoms with Gasteiger partial charge in [0.05, 0.1) is 18.1 Å². The zero-order valence-electron chi connectivity index (χ0n) is 18.3. The number of hydrogen-bond donors (Lipinski definition) is 2. The van der Waals surface area contributed by atoms with Crippen molar-refractivity contribution in [1.82, 2.24) is 4.57 Å². The third kappa shape index (κ3) is 4.64. The largest absolute Gasteiger partial charge is 0.497 e. The molecule has 1 unspecified atom stereocenters. The van der Waals surface area contributed by atoms with Crippen molar-refractivity contribution in [3.05, 3.63) is 75.7 Å². The molecule has 0 amide bonds. The third-order valence-corrected chi connectivity index (χ3v) is 6.02. The van der Waals surface area contributed by atoms with E-state index in [1.54, 1.807) is 19.2 Å². The number of nitrogens with two attached hydrogens (primary N) is 1. The van der Waals surface area contributed by atoms with E-state index in [0.29, 0.717) is 5.56 Å². The van der Waals surface area contributed by atoms with Gasteiger partial charge >= 0.3 is 5.97 Å². The normalized spacial score (nSPS) is 14.8. The highest BCUT2D eigenvalue weighted by molar-refractivity contribution is 5.90. The zero-order chi connectivity index (χ0) is 22.5. The van der Waals surface area contributed by atoms with E-state index in [1.807, 2.05) is 41.1 Å². The molecule has 1 atom stereocenters. The Balaban J connectivity index is 0.000000185. The second-order valence-corrected chi connectivity index (χ2v) is 7.78. The van der Waals surface area contributed by atoms with Crippen LogP contribution < -0.4 is 16.0 Å². The summed E-state index contributed by atoms with van der Waals surface area (Å²) in [5.74, 6) is -0.132. The molecule has 1 aromatic heterocycles. The first-order valence-electron chi connectivity index (χ1n) is 10.7. The molecule has 6 heteroatoms. The molecule has 2 aromatic carbocycles. The van der Waals surface area contributed by atoms with Crippen LogP contribution in [-0.2, 0) is 6.42 Å². The Hall–Kier alpha value is -3.12. The quantitative estimate of drug-likeness (QED) is 0.621. The minimum absolute atomic E-state index is 0.0225. The number of aromatic carboxylic acids is 1. The van der Waals surface area contributed by atoms with Crippen LogP contribution in [0.15, 0.2) is 53.5 Å². The van der Waals surface area contributed by atoms with Gasteiger partial charge in [0, 0.05) is 18.3 Å². The molecule has 0 fully saturated rings. The second-order valence-electron chi connectivity index (χ2n) is 7.78. The highest BCUT2D eigenvalue weighted by Crippen LogP contribution is 2.31. The lowest BCUT2D eigenvalue weighted by atomic mass is 10.0. The molecule has 1 aliphatic rings. The first-order chi connectivity index (χ1) is 14.9. The van der Waals surface area contributed by atoms with E-state index in [-0.39, 0.29) is 17.6 Å². The van der Waals surface area contributed by atoms with Crippen LogP contribution in [0.2, 0.25) is 0 Å². The maximum atomic E-state index is 12.5. The standard InChI is InChI=1S/C15H19NO2.C10H11NO2/c1-4-12(5-2)16-9-8-11-6-7-13(18-3)10-14(11)15(16)17;11-9-5-4-6-7(9)2-1-3-8(6)10(12)13/h6-10,12H,4-5H2,1-3H3;1-3,9H,4-5,11H2,(H,12,13). The molecule has 0 spiro atoms. The number of aromatic nitrogens is 1. The van der Waals surface area contributed by atoms with E-state index >= 15 is 0 Å². The number of carbonyl (C=O) groups is 1. The number of pyridine rings is 1. The SMILES string of the molecule is CCC(CC)n1ccc2ccc(OC)cc2c1=O.NC1CCc2c(C(=O)O)cccc21. The maximum Gasteiger partial charge on any atom is 0.335 e. The van der Waals surface area contributed by atoms with Crippen molar-refractivity contribution in [2.24, 2.45) is 5.73 Å². The minimum Gasteiger partial charge on any atom is -0.497 e. The molecule has 0 saturated carbocycles. The number of fused-ring (bicyclic) bond motifs is 2. The van der Waals surface area contributed by atoms with Crippen LogP contribution in [0.5, 0.6) is 5.75 Å². The summed E-state index contributed by atoms with van der Waals surface area (Å²) in [6, 6.07) is 13.2. The lowest BCUT2D eigenvalue weighted by Crippen LogP contribution is -2.23. The van der Waals surface area contributed by atoms with Crippen LogP contribution >= 0.6 is 0 Å². The summed E-state index contributed by atoms with van der Waals surface area (Å²) in [7, 11) is 1.61. The van der Waals surface area contributed by atoms with Crippen LogP contribution in [0.4, 0.5) is 0 Å². The van der Waals surface area contributed by atoms with Gasteiger partial charge < -0.3 is 20.1 Å². The average Bonchev–Trinajstić information content (AvgIpc) is 3.17. The molecule has 1 heterocycles. The molecule has 6 nitrogen and oxygen atoms in total. The third-order valence-electron chi connectivity index (χ3n) is 6.02. The highest BCUT2D eigenvalue weighted by atomic mass is 16.5. The summed E-state index contributed by atoms with van der Waals surface area (Å²) in [5, 5.41) is 10.6. The van der Waals surface area contributed by atoms with Gasteiger partial charge in [-0.1, -0.05) is 32.0 Å². The molecular formula is C25H30N2O4. The smallest absolute Gasteiger partial charge is 0.335 e. The van der Waals surface area contributed by atoms with Crippen molar-refractivity contribution in [2.75, 3.05) is 7.11 Å². The van der Waals surface area contributed by atoms with Gasteiger partial charge in [-0.05, 0) is 66.5 Å². The van der Waals surface area contributed by atoms with Gasteiger partial charge in [0.2, 0.25) is 0 Å². The molecule has 164 valence electrons. The molecule has 0 aliphatic heterocycles. The lowest BCUT2D eigenvalue weighted by Gasteiger charge is -2.16. The van der Waals surface area contributed by atoms with Crippen molar-refractivity contribution in [2.45, 2.75) is 51.6 Å². The number of carboxylic acid groups (broad SMARTS) is 1. The number of rotatable bonds is 5. The van der Waals surface area contributed by atoms with Crippen LogP contribution in [0, 0.1) is 0 Å². The Morgan fingerprint density at radius 3 is 2.61 bits per heavy atom. The Kier molecular flexibility index (Phi) is 7.13. The minimum atomic E-state index is -0.856. The predicted octanol–water partition coefficient (Wildman–Crippen LogP) is 4.70. The Bertz CT molecular complexity index is 1130. The number of nitrogens with zero attached hydrogens (tertiary/aromatic N) is 1. The summed E-state index contributed by atoms with van der Waals surface area (Å²) < 4.78 is 7.02. The maximum absolute atomic E-state index is 12.5. The molecule has 4 rings (SSSR count). The van der Waals surface area contributed by atoms with Crippen molar-refractivity contribution >= 4 is 16.7 Å². The van der Waals surface area contributed by atoms with E-state index in [2.05, 4.69) is 13.8 Å². The highest BCUT2D eigenvalue weighted by Gasteiger charge is 2.23. The van der Waals surface area contributed by atoms with Gasteiger partial charge in [0.25, 0.3) is 5.56 Å². The van der Waals surface area contributed by atoms with Crippen molar-refractivity contribution < 1.29 is 14.6 Å². The summed E-state index contributed by atoms with van der Waals surface area (Å²) >= 11 is 0. The Labute approximate surface area is 182 Å². The zero-order valence-corrected chi connectivity index (χ0v) is 18.3. The van der Waals surface area contributed by atoms with Crippen molar-refractivity contribution in [1.29, 1.82) is 0 Å². The Morgan fingerprint density at radius 2 is 1.97 bits per heavy atom. The second kappa shape index (κ2) is 9.79. The molecular weight excluding hydrogens is 392 g/mol.